The molecule has 4 aromatic rings. The van der Waals surface area contributed by atoms with Crippen LogP contribution in [0.5, 0.6) is 0 Å². The molecule has 1 aliphatic rings. The van der Waals surface area contributed by atoms with Crippen LogP contribution >= 0.6 is 0 Å². The molecule has 0 radical (unpaired) electrons. The topological polar surface area (TPSA) is 12.0 Å². The van der Waals surface area contributed by atoms with Crippen molar-refractivity contribution in [2.24, 2.45) is 0 Å². The van der Waals surface area contributed by atoms with E-state index in [1.54, 1.807) is 0 Å². The normalized spacial score (nSPS) is 13.9. The lowest BCUT2D eigenvalue weighted by Gasteiger charge is -2.36. The summed E-state index contributed by atoms with van der Waals surface area (Å²) in [7, 11) is 0. The number of rotatable bonds is 2. The second-order valence-corrected chi connectivity index (χ2v) is 8.00. The van der Waals surface area contributed by atoms with Crippen LogP contribution in [0.2, 0.25) is 0 Å². The molecule has 0 fully saturated rings. The Bertz CT molecular complexity index is 1140. The summed E-state index contributed by atoms with van der Waals surface area (Å²) >= 11 is 0. The first-order chi connectivity index (χ1) is 13.6. The van der Waals surface area contributed by atoms with Crippen LogP contribution in [-0.2, 0) is 5.41 Å². The van der Waals surface area contributed by atoms with Crippen molar-refractivity contribution in [3.8, 4) is 22.3 Å². The molecular formula is C27H23N. The standard InChI is InChI=1S/C27H23N/c1-27(2)23-15-13-22(20-11-7-4-8-12-20)18-26(23)28-25-16-14-21(17-24(25)27)19-9-5-3-6-10-19/h3-18,28H,1-2H3. The number of benzene rings is 4. The van der Waals surface area contributed by atoms with Gasteiger partial charge in [-0.05, 0) is 51.6 Å². The molecule has 1 nitrogen and oxygen atoms in total. The summed E-state index contributed by atoms with van der Waals surface area (Å²) in [6.45, 7) is 4.64. The zero-order valence-electron chi connectivity index (χ0n) is 16.2. The summed E-state index contributed by atoms with van der Waals surface area (Å²) in [6, 6.07) is 34.7. The average molecular weight is 361 g/mol. The Balaban J connectivity index is 1.60. The van der Waals surface area contributed by atoms with Crippen molar-refractivity contribution in [3.63, 3.8) is 0 Å². The lowest BCUT2D eigenvalue weighted by Crippen LogP contribution is -2.26. The van der Waals surface area contributed by atoms with Crippen LogP contribution in [0.1, 0.15) is 25.0 Å². The van der Waals surface area contributed by atoms with Gasteiger partial charge in [0.1, 0.15) is 0 Å². The molecule has 0 unspecified atom stereocenters. The average Bonchev–Trinajstić information content (AvgIpc) is 2.74. The maximum Gasteiger partial charge on any atom is 0.0432 e. The van der Waals surface area contributed by atoms with Gasteiger partial charge in [0.25, 0.3) is 0 Å². The van der Waals surface area contributed by atoms with Crippen LogP contribution in [0.25, 0.3) is 22.3 Å². The molecule has 4 aromatic carbocycles. The summed E-state index contributed by atoms with van der Waals surface area (Å²) in [5.41, 5.74) is 10.0. The van der Waals surface area contributed by atoms with E-state index in [-0.39, 0.29) is 5.41 Å². The molecule has 0 aliphatic carbocycles. The maximum atomic E-state index is 3.68. The van der Waals surface area contributed by atoms with Crippen LogP contribution < -0.4 is 5.32 Å². The monoisotopic (exact) mass is 361 g/mol. The van der Waals surface area contributed by atoms with E-state index in [0.29, 0.717) is 0 Å². The number of nitrogens with one attached hydrogen (secondary N) is 1. The highest BCUT2D eigenvalue weighted by molar-refractivity contribution is 5.82. The molecule has 1 N–H and O–H groups in total. The van der Waals surface area contributed by atoms with E-state index in [1.165, 1.54) is 44.8 Å². The second kappa shape index (κ2) is 6.38. The van der Waals surface area contributed by atoms with Crippen LogP contribution in [0.3, 0.4) is 0 Å². The molecule has 28 heavy (non-hydrogen) atoms. The van der Waals surface area contributed by atoms with Gasteiger partial charge in [0.15, 0.2) is 0 Å². The van der Waals surface area contributed by atoms with Crippen molar-refractivity contribution in [2.45, 2.75) is 19.3 Å². The van der Waals surface area contributed by atoms with E-state index in [4.69, 9.17) is 0 Å². The Kier molecular flexibility index (Phi) is 3.84. The van der Waals surface area contributed by atoms with E-state index < -0.39 is 0 Å². The fraction of sp³-hybridized carbons (Fsp3) is 0.111. The lowest BCUT2D eigenvalue weighted by molar-refractivity contribution is 0.638. The first-order valence-electron chi connectivity index (χ1n) is 9.80. The van der Waals surface area contributed by atoms with Crippen molar-refractivity contribution in [2.75, 3.05) is 5.32 Å². The molecule has 0 bridgehead atoms. The molecule has 1 heterocycles. The molecule has 1 aliphatic heterocycles. The first kappa shape index (κ1) is 16.8. The molecular weight excluding hydrogens is 338 g/mol. The summed E-state index contributed by atoms with van der Waals surface area (Å²) in [4.78, 5) is 0. The van der Waals surface area contributed by atoms with Gasteiger partial charge in [0, 0.05) is 16.8 Å². The minimum absolute atomic E-state index is 0.0596. The molecule has 136 valence electrons. The minimum atomic E-state index is -0.0596. The van der Waals surface area contributed by atoms with Crippen molar-refractivity contribution in [3.05, 3.63) is 108 Å². The highest BCUT2D eigenvalue weighted by atomic mass is 14.9. The fourth-order valence-electron chi connectivity index (χ4n) is 4.27. The number of hydrogen-bond acceptors (Lipinski definition) is 1. The van der Waals surface area contributed by atoms with Crippen LogP contribution in [0.15, 0.2) is 97.1 Å². The highest BCUT2D eigenvalue weighted by Gasteiger charge is 2.32. The lowest BCUT2D eigenvalue weighted by atomic mass is 9.73. The quantitative estimate of drug-likeness (QED) is 0.392. The summed E-state index contributed by atoms with van der Waals surface area (Å²) in [5, 5.41) is 3.68. The second-order valence-electron chi connectivity index (χ2n) is 8.00. The Morgan fingerprint density at radius 3 is 1.71 bits per heavy atom. The largest absolute Gasteiger partial charge is 0.355 e. The molecule has 0 aromatic heterocycles. The molecule has 1 heteroatoms. The van der Waals surface area contributed by atoms with Gasteiger partial charge in [-0.1, -0.05) is 92.7 Å². The van der Waals surface area contributed by atoms with E-state index in [1.807, 2.05) is 0 Å². The smallest absolute Gasteiger partial charge is 0.0432 e. The van der Waals surface area contributed by atoms with Gasteiger partial charge in [-0.25, -0.2) is 0 Å². The minimum Gasteiger partial charge on any atom is -0.355 e. The van der Waals surface area contributed by atoms with Gasteiger partial charge < -0.3 is 5.32 Å². The van der Waals surface area contributed by atoms with Crippen molar-refractivity contribution in [1.29, 1.82) is 0 Å². The molecule has 0 saturated heterocycles. The third kappa shape index (κ3) is 2.71. The summed E-state index contributed by atoms with van der Waals surface area (Å²) in [5.74, 6) is 0. The van der Waals surface area contributed by atoms with Gasteiger partial charge in [-0.3, -0.25) is 0 Å². The third-order valence-electron chi connectivity index (χ3n) is 5.87. The summed E-state index contributed by atoms with van der Waals surface area (Å²) < 4.78 is 0. The van der Waals surface area contributed by atoms with Crippen molar-refractivity contribution < 1.29 is 0 Å². The summed E-state index contributed by atoms with van der Waals surface area (Å²) in [6.07, 6.45) is 0. The van der Waals surface area contributed by atoms with Crippen molar-refractivity contribution >= 4 is 11.4 Å². The van der Waals surface area contributed by atoms with E-state index in [9.17, 15) is 0 Å². The predicted octanol–water partition coefficient (Wildman–Crippen LogP) is 7.40. The van der Waals surface area contributed by atoms with Crippen LogP contribution in [0.4, 0.5) is 11.4 Å². The van der Waals surface area contributed by atoms with Crippen LogP contribution in [0, 0.1) is 0 Å². The Morgan fingerprint density at radius 1 is 0.500 bits per heavy atom. The van der Waals surface area contributed by atoms with Gasteiger partial charge >= 0.3 is 0 Å². The predicted molar refractivity (Wildman–Crippen MR) is 119 cm³/mol. The Morgan fingerprint density at radius 2 is 1.07 bits per heavy atom. The SMILES string of the molecule is CC1(C)c2ccc(-c3ccccc3)cc2Nc2ccc(-c3ccccc3)cc21. The van der Waals surface area contributed by atoms with E-state index in [2.05, 4.69) is 116 Å². The van der Waals surface area contributed by atoms with Gasteiger partial charge in [-0.15, -0.1) is 0 Å². The van der Waals surface area contributed by atoms with E-state index >= 15 is 0 Å². The Labute approximate surface area is 166 Å². The zero-order chi connectivity index (χ0) is 19.1. The van der Waals surface area contributed by atoms with Crippen molar-refractivity contribution in [1.82, 2.24) is 0 Å². The third-order valence-corrected chi connectivity index (χ3v) is 5.87. The highest BCUT2D eigenvalue weighted by Crippen LogP contribution is 2.47. The molecule has 0 amide bonds. The molecule has 5 rings (SSSR count). The Hall–Kier alpha value is -3.32. The zero-order valence-corrected chi connectivity index (χ0v) is 16.2. The van der Waals surface area contributed by atoms with Gasteiger partial charge in [-0.2, -0.15) is 0 Å². The first-order valence-corrected chi connectivity index (χ1v) is 9.80. The van der Waals surface area contributed by atoms with Crippen LogP contribution in [-0.4, -0.2) is 0 Å². The molecule has 0 atom stereocenters. The van der Waals surface area contributed by atoms with Gasteiger partial charge in [0.05, 0.1) is 0 Å². The fourth-order valence-corrected chi connectivity index (χ4v) is 4.27. The molecule has 0 spiro atoms. The number of fused-ring (bicyclic) bond motifs is 2. The van der Waals surface area contributed by atoms with Gasteiger partial charge in [0.2, 0.25) is 0 Å². The molecule has 0 saturated carbocycles. The number of anilines is 2. The van der Waals surface area contributed by atoms with E-state index in [0.717, 1.165) is 0 Å². The maximum absolute atomic E-state index is 3.68. The number of hydrogen-bond donors (Lipinski definition) is 1.